The van der Waals surface area contributed by atoms with Gasteiger partial charge in [-0.15, -0.1) is 11.8 Å². The van der Waals surface area contributed by atoms with Gasteiger partial charge in [0.2, 0.25) is 0 Å². The van der Waals surface area contributed by atoms with Gasteiger partial charge in [0.1, 0.15) is 10.3 Å². The van der Waals surface area contributed by atoms with Crippen LogP contribution in [0.25, 0.3) is 0 Å². The summed E-state index contributed by atoms with van der Waals surface area (Å²) in [6.45, 7) is 4.17. The molecule has 0 aliphatic heterocycles. The zero-order chi connectivity index (χ0) is 14.5. The van der Waals surface area contributed by atoms with Crippen molar-refractivity contribution in [1.29, 1.82) is 0 Å². The van der Waals surface area contributed by atoms with E-state index in [1.807, 2.05) is 12.1 Å². The molecule has 0 atom stereocenters. The van der Waals surface area contributed by atoms with Crippen LogP contribution in [0, 0.1) is 6.92 Å². The highest BCUT2D eigenvalue weighted by molar-refractivity contribution is 9.10. The molecule has 0 bridgehead atoms. The lowest BCUT2D eigenvalue weighted by molar-refractivity contribution is 0.835. The third-order valence-corrected chi connectivity index (χ3v) is 4.93. The minimum Gasteiger partial charge on any atom is -0.309 e. The van der Waals surface area contributed by atoms with Gasteiger partial charge in [0.15, 0.2) is 0 Å². The monoisotopic (exact) mass is 352 g/mol. The van der Waals surface area contributed by atoms with E-state index in [9.17, 15) is 4.79 Å². The largest absolute Gasteiger partial charge is 0.309 e. The maximum atomic E-state index is 11.9. The van der Waals surface area contributed by atoms with Crippen molar-refractivity contribution in [3.05, 3.63) is 56.2 Å². The second-order valence-corrected chi connectivity index (χ2v) is 6.39. The van der Waals surface area contributed by atoms with Gasteiger partial charge < -0.3 is 4.98 Å². The predicted molar refractivity (Wildman–Crippen MR) is 87.3 cm³/mol. The molecule has 1 aromatic heterocycles. The van der Waals surface area contributed by atoms with Crippen molar-refractivity contribution in [2.24, 2.45) is 0 Å². The maximum Gasteiger partial charge on any atom is 0.265 e. The molecule has 1 N–H and O–H groups in total. The number of halogens is 1. The van der Waals surface area contributed by atoms with E-state index >= 15 is 0 Å². The van der Waals surface area contributed by atoms with Crippen molar-refractivity contribution < 1.29 is 0 Å². The number of hydrogen-bond acceptors (Lipinski definition) is 3. The van der Waals surface area contributed by atoms with Crippen LogP contribution in [0.4, 0.5) is 0 Å². The summed E-state index contributed by atoms with van der Waals surface area (Å²) >= 11 is 5.00. The van der Waals surface area contributed by atoms with Crippen LogP contribution < -0.4 is 5.56 Å². The Balaban J connectivity index is 2.18. The fourth-order valence-electron chi connectivity index (χ4n) is 1.89. The van der Waals surface area contributed by atoms with E-state index in [0.717, 1.165) is 24.4 Å². The highest BCUT2D eigenvalue weighted by atomic mass is 79.9. The quantitative estimate of drug-likeness (QED) is 0.824. The Morgan fingerprint density at radius 2 is 2.10 bits per heavy atom. The standard InChI is InChI=1S/C15H17BrN2OS/c1-3-6-11-14(16)15(19)18-13(17-11)9-20-12-8-5-4-7-10(12)2/h4-5,7-8H,3,6,9H2,1-2H3,(H,17,18,19). The highest BCUT2D eigenvalue weighted by Gasteiger charge is 2.09. The van der Waals surface area contributed by atoms with Crippen molar-refractivity contribution in [3.8, 4) is 0 Å². The van der Waals surface area contributed by atoms with E-state index in [4.69, 9.17) is 0 Å². The molecule has 3 nitrogen and oxygen atoms in total. The zero-order valence-corrected chi connectivity index (χ0v) is 14.0. The lowest BCUT2D eigenvalue weighted by Gasteiger charge is -2.07. The molecule has 0 saturated heterocycles. The van der Waals surface area contributed by atoms with Crippen molar-refractivity contribution in [2.75, 3.05) is 0 Å². The van der Waals surface area contributed by atoms with Crippen LogP contribution in [0.5, 0.6) is 0 Å². The molecule has 0 unspecified atom stereocenters. The SMILES string of the molecule is CCCc1nc(CSc2ccccc2C)[nH]c(=O)c1Br. The van der Waals surface area contributed by atoms with Gasteiger partial charge >= 0.3 is 0 Å². The van der Waals surface area contributed by atoms with E-state index in [1.165, 1.54) is 10.5 Å². The molecule has 0 radical (unpaired) electrons. The van der Waals surface area contributed by atoms with Gasteiger partial charge in [0.05, 0.1) is 11.4 Å². The van der Waals surface area contributed by atoms with Gasteiger partial charge in [0.25, 0.3) is 5.56 Å². The second kappa shape index (κ2) is 7.09. The summed E-state index contributed by atoms with van der Waals surface area (Å²) in [5, 5.41) is 0. The Kier molecular flexibility index (Phi) is 5.43. The molecule has 0 aliphatic carbocycles. The summed E-state index contributed by atoms with van der Waals surface area (Å²) in [4.78, 5) is 20.5. The smallest absolute Gasteiger partial charge is 0.265 e. The molecule has 0 fully saturated rings. The predicted octanol–water partition coefficient (Wildman–Crippen LogP) is 4.09. The van der Waals surface area contributed by atoms with Crippen LogP contribution in [0.3, 0.4) is 0 Å². The number of aromatic amines is 1. The maximum absolute atomic E-state index is 11.9. The average molecular weight is 353 g/mol. The first kappa shape index (κ1) is 15.3. The zero-order valence-electron chi connectivity index (χ0n) is 11.6. The molecule has 20 heavy (non-hydrogen) atoms. The van der Waals surface area contributed by atoms with E-state index in [0.29, 0.717) is 10.2 Å². The van der Waals surface area contributed by atoms with Gasteiger partial charge in [0, 0.05) is 4.90 Å². The normalized spacial score (nSPS) is 10.8. The van der Waals surface area contributed by atoms with Gasteiger partial charge in [-0.05, 0) is 40.9 Å². The molecule has 1 aromatic carbocycles. The number of hydrogen-bond donors (Lipinski definition) is 1. The summed E-state index contributed by atoms with van der Waals surface area (Å²) in [5.74, 6) is 1.40. The van der Waals surface area contributed by atoms with E-state index in [2.05, 4.69) is 51.9 Å². The molecule has 0 saturated carbocycles. The summed E-state index contributed by atoms with van der Waals surface area (Å²) in [5.41, 5.74) is 1.99. The average Bonchev–Trinajstić information content (AvgIpc) is 2.43. The Morgan fingerprint density at radius 3 is 2.80 bits per heavy atom. The lowest BCUT2D eigenvalue weighted by Crippen LogP contribution is -2.15. The summed E-state index contributed by atoms with van der Waals surface area (Å²) in [6, 6.07) is 8.22. The van der Waals surface area contributed by atoms with Crippen molar-refractivity contribution >= 4 is 27.7 Å². The summed E-state index contributed by atoms with van der Waals surface area (Å²) in [6.07, 6.45) is 1.78. The Bertz CT molecular complexity index is 655. The molecule has 2 aromatic rings. The first-order valence-corrected chi connectivity index (χ1v) is 8.35. The number of nitrogens with zero attached hydrogens (tertiary/aromatic N) is 1. The molecule has 106 valence electrons. The Morgan fingerprint density at radius 1 is 1.35 bits per heavy atom. The first-order valence-electron chi connectivity index (χ1n) is 6.57. The molecule has 0 spiro atoms. The molecule has 5 heteroatoms. The molecule has 0 amide bonds. The van der Waals surface area contributed by atoms with Crippen LogP contribution in [0.1, 0.15) is 30.4 Å². The van der Waals surface area contributed by atoms with E-state index < -0.39 is 0 Å². The van der Waals surface area contributed by atoms with Gasteiger partial charge in [-0.1, -0.05) is 31.5 Å². The molecular formula is C15H17BrN2OS. The van der Waals surface area contributed by atoms with Gasteiger partial charge in [-0.25, -0.2) is 4.98 Å². The first-order chi connectivity index (χ1) is 9.61. The molecule has 2 rings (SSSR count). The highest BCUT2D eigenvalue weighted by Crippen LogP contribution is 2.24. The Labute approximate surface area is 131 Å². The number of aromatic nitrogens is 2. The second-order valence-electron chi connectivity index (χ2n) is 4.58. The number of benzene rings is 1. The van der Waals surface area contributed by atoms with Crippen molar-refractivity contribution in [1.82, 2.24) is 9.97 Å². The van der Waals surface area contributed by atoms with Crippen LogP contribution >= 0.6 is 27.7 Å². The van der Waals surface area contributed by atoms with Crippen molar-refractivity contribution in [3.63, 3.8) is 0 Å². The van der Waals surface area contributed by atoms with Crippen LogP contribution in [-0.4, -0.2) is 9.97 Å². The van der Waals surface area contributed by atoms with Gasteiger partial charge in [-0.3, -0.25) is 4.79 Å². The van der Waals surface area contributed by atoms with Crippen molar-refractivity contribution in [2.45, 2.75) is 37.3 Å². The van der Waals surface area contributed by atoms with E-state index in [1.54, 1.807) is 11.8 Å². The topological polar surface area (TPSA) is 45.8 Å². The third-order valence-electron chi connectivity index (χ3n) is 2.93. The lowest BCUT2D eigenvalue weighted by atomic mass is 10.2. The summed E-state index contributed by atoms with van der Waals surface area (Å²) < 4.78 is 0.559. The fraction of sp³-hybridized carbons (Fsp3) is 0.333. The minimum absolute atomic E-state index is 0.0937. The molecular weight excluding hydrogens is 336 g/mol. The minimum atomic E-state index is -0.0937. The van der Waals surface area contributed by atoms with Gasteiger partial charge in [-0.2, -0.15) is 0 Å². The summed E-state index contributed by atoms with van der Waals surface area (Å²) in [7, 11) is 0. The number of nitrogens with one attached hydrogen (secondary N) is 1. The molecule has 0 aliphatic rings. The molecule has 1 heterocycles. The van der Waals surface area contributed by atoms with Crippen LogP contribution in [0.2, 0.25) is 0 Å². The Hall–Kier alpha value is -1.07. The van der Waals surface area contributed by atoms with Crippen LogP contribution in [-0.2, 0) is 12.2 Å². The number of thioether (sulfide) groups is 1. The number of rotatable bonds is 5. The third kappa shape index (κ3) is 3.73. The van der Waals surface area contributed by atoms with E-state index in [-0.39, 0.29) is 5.56 Å². The fourth-order valence-corrected chi connectivity index (χ4v) is 3.18. The number of aryl methyl sites for hydroxylation is 2. The number of H-pyrrole nitrogens is 1. The van der Waals surface area contributed by atoms with Crippen LogP contribution in [0.15, 0.2) is 38.4 Å².